The minimum Gasteiger partial charge on any atom is -0.0654 e. The van der Waals surface area contributed by atoms with Gasteiger partial charge in [-0.1, -0.05) is 67.2 Å². The molecule has 0 aromatic carbocycles. The van der Waals surface area contributed by atoms with Crippen LogP contribution in [0.3, 0.4) is 0 Å². The van der Waals surface area contributed by atoms with E-state index in [9.17, 15) is 0 Å². The molecular weight excluding hydrogens is 240 g/mol. The summed E-state index contributed by atoms with van der Waals surface area (Å²) in [4.78, 5) is 0. The van der Waals surface area contributed by atoms with E-state index in [2.05, 4.69) is 41.5 Å². The second-order valence-corrected chi connectivity index (χ2v) is 8.27. The predicted molar refractivity (Wildman–Crippen MR) is 92.0 cm³/mol. The van der Waals surface area contributed by atoms with Gasteiger partial charge < -0.3 is 0 Å². The molecule has 0 radical (unpaired) electrons. The van der Waals surface area contributed by atoms with E-state index in [0.29, 0.717) is 5.41 Å². The van der Waals surface area contributed by atoms with Crippen molar-refractivity contribution in [3.63, 3.8) is 0 Å². The Morgan fingerprint density at radius 3 is 1.75 bits per heavy atom. The molecule has 0 nitrogen and oxygen atoms in total. The van der Waals surface area contributed by atoms with Crippen LogP contribution in [0.4, 0.5) is 0 Å². The number of rotatable bonds is 8. The van der Waals surface area contributed by atoms with Crippen LogP contribution in [-0.4, -0.2) is 0 Å². The van der Waals surface area contributed by atoms with Gasteiger partial charge in [0.15, 0.2) is 0 Å². The van der Waals surface area contributed by atoms with Crippen molar-refractivity contribution in [3.8, 4) is 0 Å². The number of unbranched alkanes of at least 4 members (excludes halogenated alkanes) is 2. The summed E-state index contributed by atoms with van der Waals surface area (Å²) in [5, 5.41) is 0. The molecule has 0 amide bonds. The Balaban J connectivity index is 2.80. The van der Waals surface area contributed by atoms with E-state index in [1.165, 1.54) is 57.8 Å². The molecular formula is C20H40. The third-order valence-electron chi connectivity index (χ3n) is 6.06. The van der Waals surface area contributed by atoms with Gasteiger partial charge in [0.1, 0.15) is 0 Å². The van der Waals surface area contributed by atoms with E-state index in [-0.39, 0.29) is 0 Å². The zero-order chi connectivity index (χ0) is 15.2. The van der Waals surface area contributed by atoms with Crippen LogP contribution < -0.4 is 0 Å². The SMILES string of the molecule is CCCCC1(CCCC)CCC(C(C)C)C(C(C)C)C1. The Kier molecular flexibility index (Phi) is 7.62. The maximum absolute atomic E-state index is 2.47. The average molecular weight is 281 g/mol. The van der Waals surface area contributed by atoms with Crippen LogP contribution in [0.15, 0.2) is 0 Å². The van der Waals surface area contributed by atoms with E-state index >= 15 is 0 Å². The first-order valence-electron chi connectivity index (χ1n) is 9.45. The molecule has 0 aromatic rings. The molecule has 20 heavy (non-hydrogen) atoms. The van der Waals surface area contributed by atoms with Crippen LogP contribution in [0.1, 0.15) is 99.3 Å². The topological polar surface area (TPSA) is 0 Å². The summed E-state index contributed by atoms with van der Waals surface area (Å²) in [7, 11) is 0. The normalized spacial score (nSPS) is 26.4. The molecule has 0 bridgehead atoms. The average Bonchev–Trinajstić information content (AvgIpc) is 2.42. The zero-order valence-electron chi connectivity index (χ0n) is 15.2. The van der Waals surface area contributed by atoms with E-state index in [1.807, 2.05) is 0 Å². The summed E-state index contributed by atoms with van der Waals surface area (Å²) in [6.45, 7) is 14.5. The van der Waals surface area contributed by atoms with Crippen molar-refractivity contribution in [2.45, 2.75) is 99.3 Å². The number of hydrogen-bond donors (Lipinski definition) is 0. The summed E-state index contributed by atoms with van der Waals surface area (Å²) in [6, 6.07) is 0. The van der Waals surface area contributed by atoms with E-state index in [0.717, 1.165) is 23.7 Å². The zero-order valence-corrected chi connectivity index (χ0v) is 15.2. The van der Waals surface area contributed by atoms with Crippen LogP contribution in [0.2, 0.25) is 0 Å². The van der Waals surface area contributed by atoms with Crippen LogP contribution in [-0.2, 0) is 0 Å². The van der Waals surface area contributed by atoms with Gasteiger partial charge in [-0.05, 0) is 61.2 Å². The third kappa shape index (κ3) is 4.78. The van der Waals surface area contributed by atoms with E-state index in [1.54, 1.807) is 0 Å². The largest absolute Gasteiger partial charge is 0.0654 e. The van der Waals surface area contributed by atoms with Gasteiger partial charge >= 0.3 is 0 Å². The molecule has 2 atom stereocenters. The van der Waals surface area contributed by atoms with Gasteiger partial charge in [-0.25, -0.2) is 0 Å². The van der Waals surface area contributed by atoms with Crippen molar-refractivity contribution in [1.82, 2.24) is 0 Å². The quantitative estimate of drug-likeness (QED) is 0.445. The Morgan fingerprint density at radius 2 is 1.35 bits per heavy atom. The maximum atomic E-state index is 2.47. The van der Waals surface area contributed by atoms with E-state index in [4.69, 9.17) is 0 Å². The van der Waals surface area contributed by atoms with Crippen molar-refractivity contribution in [1.29, 1.82) is 0 Å². The monoisotopic (exact) mass is 280 g/mol. The minimum atomic E-state index is 0.701. The highest BCUT2D eigenvalue weighted by molar-refractivity contribution is 4.92. The van der Waals surface area contributed by atoms with E-state index < -0.39 is 0 Å². The molecule has 1 saturated carbocycles. The molecule has 0 saturated heterocycles. The van der Waals surface area contributed by atoms with Gasteiger partial charge in [0.05, 0.1) is 0 Å². The third-order valence-corrected chi connectivity index (χ3v) is 6.06. The van der Waals surface area contributed by atoms with Gasteiger partial charge in [-0.2, -0.15) is 0 Å². The van der Waals surface area contributed by atoms with Gasteiger partial charge in [-0.15, -0.1) is 0 Å². The molecule has 1 aliphatic carbocycles. The summed E-state index contributed by atoms with van der Waals surface area (Å²) >= 11 is 0. The van der Waals surface area contributed by atoms with Crippen LogP contribution in [0.5, 0.6) is 0 Å². The molecule has 0 aromatic heterocycles. The molecule has 0 heteroatoms. The van der Waals surface area contributed by atoms with Gasteiger partial charge in [-0.3, -0.25) is 0 Å². The lowest BCUT2D eigenvalue weighted by molar-refractivity contribution is 0.0230. The Hall–Kier alpha value is 0. The molecule has 0 N–H and O–H groups in total. The highest BCUT2D eigenvalue weighted by Crippen LogP contribution is 2.52. The molecule has 1 aliphatic rings. The molecule has 120 valence electrons. The predicted octanol–water partition coefficient (Wildman–Crippen LogP) is 7.08. The molecule has 1 fully saturated rings. The summed E-state index contributed by atoms with van der Waals surface area (Å²) in [5.74, 6) is 3.69. The van der Waals surface area contributed by atoms with Crippen molar-refractivity contribution in [2.75, 3.05) is 0 Å². The van der Waals surface area contributed by atoms with Crippen LogP contribution >= 0.6 is 0 Å². The molecule has 2 unspecified atom stereocenters. The molecule has 0 heterocycles. The van der Waals surface area contributed by atoms with Gasteiger partial charge in [0.2, 0.25) is 0 Å². The highest BCUT2D eigenvalue weighted by atomic mass is 14.5. The second-order valence-electron chi connectivity index (χ2n) is 8.27. The minimum absolute atomic E-state index is 0.701. The van der Waals surface area contributed by atoms with Crippen molar-refractivity contribution >= 4 is 0 Å². The molecule has 0 aliphatic heterocycles. The van der Waals surface area contributed by atoms with Crippen molar-refractivity contribution < 1.29 is 0 Å². The van der Waals surface area contributed by atoms with Crippen molar-refractivity contribution in [3.05, 3.63) is 0 Å². The Morgan fingerprint density at radius 1 is 0.850 bits per heavy atom. The first-order chi connectivity index (χ1) is 9.45. The summed E-state index contributed by atoms with van der Waals surface area (Å²) in [6.07, 6.45) is 13.2. The molecule has 0 spiro atoms. The Labute approximate surface area is 129 Å². The van der Waals surface area contributed by atoms with Crippen LogP contribution in [0, 0.1) is 29.1 Å². The first kappa shape index (κ1) is 18.1. The molecule has 1 rings (SSSR count). The lowest BCUT2D eigenvalue weighted by Gasteiger charge is -2.48. The number of hydrogen-bond acceptors (Lipinski definition) is 0. The summed E-state index contributed by atoms with van der Waals surface area (Å²) < 4.78 is 0. The Bertz CT molecular complexity index is 243. The fourth-order valence-corrected chi connectivity index (χ4v) is 4.68. The second kappa shape index (κ2) is 8.44. The fraction of sp³-hybridized carbons (Fsp3) is 1.00. The van der Waals surface area contributed by atoms with Crippen molar-refractivity contribution in [2.24, 2.45) is 29.1 Å². The first-order valence-corrected chi connectivity index (χ1v) is 9.45. The summed E-state index contributed by atoms with van der Waals surface area (Å²) in [5.41, 5.74) is 0.701. The van der Waals surface area contributed by atoms with Gasteiger partial charge in [0.25, 0.3) is 0 Å². The lowest BCUT2D eigenvalue weighted by Crippen LogP contribution is -2.38. The smallest absolute Gasteiger partial charge is 0.0295 e. The maximum Gasteiger partial charge on any atom is -0.0295 e. The lowest BCUT2D eigenvalue weighted by atomic mass is 9.57. The fourth-order valence-electron chi connectivity index (χ4n) is 4.68. The van der Waals surface area contributed by atoms with Crippen LogP contribution in [0.25, 0.3) is 0 Å². The van der Waals surface area contributed by atoms with Gasteiger partial charge in [0, 0.05) is 0 Å². The standard InChI is InChI=1S/C20H40/c1-7-9-12-20(13-10-8-2)14-11-18(16(3)4)19(15-20)17(5)6/h16-19H,7-15H2,1-6H3. The highest BCUT2D eigenvalue weighted by Gasteiger charge is 2.41.